The predicted molar refractivity (Wildman–Crippen MR) is 222 cm³/mol. The van der Waals surface area contributed by atoms with Gasteiger partial charge in [-0.3, -0.25) is 0 Å². The van der Waals surface area contributed by atoms with Gasteiger partial charge in [-0.25, -0.2) is 0 Å². The average Bonchev–Trinajstić information content (AvgIpc) is 3.75. The molecular formula is C48H96O. The number of hydrogen-bond acceptors (Lipinski definition) is 1. The summed E-state index contributed by atoms with van der Waals surface area (Å²) in [5.41, 5.74) is 0. The molecule has 49 heavy (non-hydrogen) atoms. The van der Waals surface area contributed by atoms with Crippen molar-refractivity contribution >= 4 is 0 Å². The van der Waals surface area contributed by atoms with Crippen molar-refractivity contribution < 1.29 is 5.11 Å². The number of hydrogen-bond donors (Lipinski definition) is 1. The van der Waals surface area contributed by atoms with Crippen molar-refractivity contribution in [1.29, 1.82) is 0 Å². The van der Waals surface area contributed by atoms with Crippen LogP contribution < -0.4 is 0 Å². The Labute approximate surface area is 312 Å². The van der Waals surface area contributed by atoms with Crippen LogP contribution in [0.2, 0.25) is 0 Å². The van der Waals surface area contributed by atoms with Crippen molar-refractivity contribution in [2.45, 2.75) is 219 Å². The fourth-order valence-corrected chi connectivity index (χ4v) is 8.81. The van der Waals surface area contributed by atoms with E-state index in [9.17, 15) is 0 Å². The van der Waals surface area contributed by atoms with E-state index in [1.165, 1.54) is 96.3 Å². The normalized spacial score (nSPS) is 32.0. The van der Waals surface area contributed by atoms with Crippen LogP contribution in [0.1, 0.15) is 213 Å². The summed E-state index contributed by atoms with van der Waals surface area (Å²) in [4.78, 5) is 0. The van der Waals surface area contributed by atoms with Gasteiger partial charge in [0.25, 0.3) is 0 Å². The van der Waals surface area contributed by atoms with Crippen LogP contribution in [-0.2, 0) is 0 Å². The summed E-state index contributed by atoms with van der Waals surface area (Å²) >= 11 is 0. The summed E-state index contributed by atoms with van der Waals surface area (Å²) in [5.74, 6) is 14.7. The predicted octanol–water partition coefficient (Wildman–Crippen LogP) is 15.5. The summed E-state index contributed by atoms with van der Waals surface area (Å²) in [5, 5.41) is 8.87. The van der Waals surface area contributed by atoms with Gasteiger partial charge >= 0.3 is 0 Å². The molecule has 0 aromatic carbocycles. The van der Waals surface area contributed by atoms with Crippen molar-refractivity contribution in [1.82, 2.24) is 0 Å². The molecule has 0 saturated heterocycles. The first-order valence-corrected chi connectivity index (χ1v) is 22.5. The summed E-state index contributed by atoms with van der Waals surface area (Å²) in [7, 11) is 0. The van der Waals surface area contributed by atoms with E-state index in [-0.39, 0.29) is 6.10 Å². The molecule has 0 aromatic rings. The second kappa shape index (κ2) is 25.1. The zero-order valence-corrected chi connectivity index (χ0v) is 36.7. The highest BCUT2D eigenvalue weighted by Gasteiger charge is 2.30. The third-order valence-corrected chi connectivity index (χ3v) is 13.2. The average molecular weight is 689 g/mol. The molecule has 0 radical (unpaired) electrons. The van der Waals surface area contributed by atoms with Crippen molar-refractivity contribution in [3.05, 3.63) is 0 Å². The van der Waals surface area contributed by atoms with Crippen molar-refractivity contribution in [2.24, 2.45) is 88.8 Å². The maximum absolute atomic E-state index is 8.87. The van der Waals surface area contributed by atoms with Crippen molar-refractivity contribution in [3.8, 4) is 0 Å². The van der Waals surface area contributed by atoms with Gasteiger partial charge in [-0.2, -0.15) is 0 Å². The third kappa shape index (κ3) is 22.6. The Bertz CT molecular complexity index is 656. The summed E-state index contributed by atoms with van der Waals surface area (Å²) in [6.45, 7) is 34.7. The standard InChI is InChI=1S/C10H20.3C8H16.C7H14O.C7H14/c1-9(2)8-10-6-4-3-5-7-10;3*1-6(2)8-4-7(3)5-8;1-5(2)6-3-7(8)4-6;1-6(2)5-7-3-4-7/h9-10H,3-8H2,1-2H3;3*6-8H,4-5H2,1-3H3;5-8H,3-4H2,1-2H3;6-7H,3-5H2,1-2H3. The first-order chi connectivity index (χ1) is 22.9. The lowest BCUT2D eigenvalue weighted by Crippen LogP contribution is -2.31. The Kier molecular flexibility index (Phi) is 24.0. The minimum absolute atomic E-state index is 0.0300. The molecule has 0 unspecified atom stereocenters. The van der Waals surface area contributed by atoms with Gasteiger partial charge in [0.15, 0.2) is 0 Å². The number of aliphatic hydroxyl groups is 1. The van der Waals surface area contributed by atoms with Gasteiger partial charge in [-0.15, -0.1) is 0 Å². The Hall–Kier alpha value is -0.0400. The molecule has 6 aliphatic rings. The number of aliphatic hydroxyl groups excluding tert-OH is 1. The van der Waals surface area contributed by atoms with Crippen LogP contribution >= 0.6 is 0 Å². The van der Waals surface area contributed by atoms with E-state index in [0.29, 0.717) is 0 Å². The van der Waals surface area contributed by atoms with Gasteiger partial charge < -0.3 is 5.11 Å². The fraction of sp³-hybridized carbons (Fsp3) is 1.00. The monoisotopic (exact) mass is 689 g/mol. The van der Waals surface area contributed by atoms with Gasteiger partial charge in [-0.1, -0.05) is 149 Å². The molecule has 0 atom stereocenters. The van der Waals surface area contributed by atoms with Gasteiger partial charge in [0, 0.05) is 0 Å². The minimum Gasteiger partial charge on any atom is -0.393 e. The molecule has 1 N–H and O–H groups in total. The van der Waals surface area contributed by atoms with Gasteiger partial charge in [0.05, 0.1) is 6.10 Å². The maximum atomic E-state index is 8.87. The zero-order chi connectivity index (χ0) is 37.3. The van der Waals surface area contributed by atoms with E-state index in [1.807, 2.05) is 0 Å². The lowest BCUT2D eigenvalue weighted by atomic mass is 9.71. The van der Waals surface area contributed by atoms with E-state index >= 15 is 0 Å². The Balaban J connectivity index is 0.000000295. The molecule has 1 heteroatoms. The van der Waals surface area contributed by atoms with Crippen LogP contribution in [0.3, 0.4) is 0 Å². The fourth-order valence-electron chi connectivity index (χ4n) is 8.81. The van der Waals surface area contributed by atoms with E-state index in [2.05, 4.69) is 104 Å². The Morgan fingerprint density at radius 1 is 0.388 bits per heavy atom. The molecular weight excluding hydrogens is 593 g/mol. The maximum Gasteiger partial charge on any atom is 0.0545 e. The molecule has 294 valence electrons. The minimum atomic E-state index is 0.0300. The first kappa shape index (κ1) is 47.0. The Morgan fingerprint density at radius 2 is 0.653 bits per heavy atom. The first-order valence-electron chi connectivity index (χ1n) is 22.5. The molecule has 0 spiro atoms. The molecule has 6 fully saturated rings. The van der Waals surface area contributed by atoms with E-state index in [0.717, 1.165) is 102 Å². The molecule has 6 rings (SSSR count). The molecule has 6 aliphatic carbocycles. The van der Waals surface area contributed by atoms with Gasteiger partial charge in [0.2, 0.25) is 0 Å². The van der Waals surface area contributed by atoms with Crippen LogP contribution in [0, 0.1) is 88.8 Å². The summed E-state index contributed by atoms with van der Waals surface area (Å²) < 4.78 is 0. The largest absolute Gasteiger partial charge is 0.393 e. The molecule has 6 saturated carbocycles. The number of rotatable bonds is 8. The van der Waals surface area contributed by atoms with Crippen molar-refractivity contribution in [3.63, 3.8) is 0 Å². The summed E-state index contributed by atoms with van der Waals surface area (Å²) in [6, 6.07) is 0. The second-order valence-electron chi connectivity index (χ2n) is 21.1. The highest BCUT2D eigenvalue weighted by Crippen LogP contribution is 2.39. The Morgan fingerprint density at radius 3 is 0.816 bits per heavy atom. The van der Waals surface area contributed by atoms with E-state index in [4.69, 9.17) is 5.11 Å². The smallest absolute Gasteiger partial charge is 0.0545 e. The van der Waals surface area contributed by atoms with Crippen LogP contribution in [0.15, 0.2) is 0 Å². The topological polar surface area (TPSA) is 20.2 Å². The van der Waals surface area contributed by atoms with Gasteiger partial charge in [-0.05, 0) is 153 Å². The molecule has 0 aliphatic heterocycles. The molecule has 1 nitrogen and oxygen atoms in total. The van der Waals surface area contributed by atoms with Crippen LogP contribution in [0.4, 0.5) is 0 Å². The highest BCUT2D eigenvalue weighted by molar-refractivity contribution is 4.81. The summed E-state index contributed by atoms with van der Waals surface area (Å²) in [6.07, 6.45) is 24.5. The lowest BCUT2D eigenvalue weighted by Gasteiger charge is -2.35. The van der Waals surface area contributed by atoms with Crippen LogP contribution in [0.25, 0.3) is 0 Å². The zero-order valence-electron chi connectivity index (χ0n) is 36.7. The van der Waals surface area contributed by atoms with Crippen LogP contribution in [-0.4, -0.2) is 11.2 Å². The van der Waals surface area contributed by atoms with Crippen LogP contribution in [0.5, 0.6) is 0 Å². The molecule has 0 heterocycles. The lowest BCUT2D eigenvalue weighted by molar-refractivity contribution is 0.0218. The van der Waals surface area contributed by atoms with E-state index in [1.54, 1.807) is 0 Å². The quantitative estimate of drug-likeness (QED) is 0.269. The third-order valence-electron chi connectivity index (χ3n) is 13.2. The van der Waals surface area contributed by atoms with Crippen molar-refractivity contribution in [2.75, 3.05) is 0 Å². The SMILES string of the molecule is CC(C)C1CC(O)C1.CC(C)CC1CC1.CC(C)CC1CCCCC1.CC1CC(C(C)C)C1.CC1CC(C(C)C)C1.CC1CC(C(C)C)C1. The molecule has 0 aromatic heterocycles. The van der Waals surface area contributed by atoms with Gasteiger partial charge in [0.1, 0.15) is 0 Å². The molecule has 0 amide bonds. The van der Waals surface area contributed by atoms with E-state index < -0.39 is 0 Å². The highest BCUT2D eigenvalue weighted by atomic mass is 16.3. The molecule has 0 bridgehead atoms. The second-order valence-corrected chi connectivity index (χ2v) is 21.1.